The van der Waals surface area contributed by atoms with Gasteiger partial charge in [0.05, 0.1) is 26.4 Å². The minimum Gasteiger partial charge on any atom is -0.462 e. The zero-order valence-electron chi connectivity index (χ0n) is 60.6. The lowest BCUT2D eigenvalue weighted by Crippen LogP contribution is -2.30. The van der Waals surface area contributed by atoms with E-state index in [2.05, 4.69) is 41.5 Å². The normalized spacial score (nSPS) is 14.3. The number of aliphatic hydroxyl groups is 1. The Bertz CT molecular complexity index is 1810. The fourth-order valence-electron chi connectivity index (χ4n) is 11.3. The number of unbranched alkanes of at least 4 members (excludes halogenated alkanes) is 42. The van der Waals surface area contributed by atoms with E-state index in [-0.39, 0.29) is 25.7 Å². The van der Waals surface area contributed by atoms with E-state index in [1.54, 1.807) is 0 Å². The highest BCUT2D eigenvalue weighted by Crippen LogP contribution is 2.45. The first-order valence-electron chi connectivity index (χ1n) is 38.5. The van der Waals surface area contributed by atoms with Crippen molar-refractivity contribution in [2.24, 2.45) is 11.8 Å². The quantitative estimate of drug-likeness (QED) is 0.0222. The third-order valence-electron chi connectivity index (χ3n) is 17.6. The van der Waals surface area contributed by atoms with Crippen LogP contribution in [0.1, 0.15) is 382 Å². The molecule has 19 heteroatoms. The van der Waals surface area contributed by atoms with E-state index in [0.717, 1.165) is 102 Å². The Kier molecular flexibility index (Phi) is 64.6. The largest absolute Gasteiger partial charge is 0.472 e. The van der Waals surface area contributed by atoms with Gasteiger partial charge in [0.15, 0.2) is 12.2 Å². The van der Waals surface area contributed by atoms with Crippen LogP contribution in [0.3, 0.4) is 0 Å². The van der Waals surface area contributed by atoms with Gasteiger partial charge in [0.2, 0.25) is 0 Å². The van der Waals surface area contributed by atoms with Crippen LogP contribution in [0, 0.1) is 11.8 Å². The van der Waals surface area contributed by atoms with Crippen LogP contribution in [-0.2, 0) is 65.4 Å². The number of phosphoric ester groups is 2. The minimum absolute atomic E-state index is 0.107. The molecule has 0 amide bonds. The second kappa shape index (κ2) is 66.0. The molecule has 17 nitrogen and oxygen atoms in total. The number of hydrogen-bond acceptors (Lipinski definition) is 15. The summed E-state index contributed by atoms with van der Waals surface area (Å²) in [5.74, 6) is -0.529. The summed E-state index contributed by atoms with van der Waals surface area (Å²) in [6.07, 6.45) is 52.4. The Balaban J connectivity index is 5.27. The van der Waals surface area contributed by atoms with Crippen LogP contribution in [0.4, 0.5) is 0 Å². The molecule has 3 N–H and O–H groups in total. The lowest BCUT2D eigenvalue weighted by Gasteiger charge is -2.21. The molecule has 6 atom stereocenters. The molecule has 93 heavy (non-hydrogen) atoms. The van der Waals surface area contributed by atoms with Crippen molar-refractivity contribution in [2.75, 3.05) is 39.6 Å². The lowest BCUT2D eigenvalue weighted by atomic mass is 9.99. The molecule has 0 radical (unpaired) electrons. The fraction of sp³-hybridized carbons (Fsp3) is 0.946. The van der Waals surface area contributed by atoms with Crippen LogP contribution in [0.15, 0.2) is 0 Å². The van der Waals surface area contributed by atoms with Crippen molar-refractivity contribution in [1.29, 1.82) is 0 Å². The van der Waals surface area contributed by atoms with Gasteiger partial charge in [-0.2, -0.15) is 0 Å². The molecule has 0 saturated carbocycles. The van der Waals surface area contributed by atoms with Gasteiger partial charge in [-0.1, -0.05) is 330 Å². The van der Waals surface area contributed by atoms with Crippen molar-refractivity contribution in [2.45, 2.75) is 400 Å². The first-order valence-corrected chi connectivity index (χ1v) is 41.5. The van der Waals surface area contributed by atoms with Gasteiger partial charge in [-0.15, -0.1) is 0 Å². The van der Waals surface area contributed by atoms with Gasteiger partial charge in [0.1, 0.15) is 19.3 Å². The van der Waals surface area contributed by atoms with E-state index in [1.165, 1.54) is 199 Å². The van der Waals surface area contributed by atoms with Crippen molar-refractivity contribution < 1.29 is 80.2 Å². The highest BCUT2D eigenvalue weighted by atomic mass is 31.2. The van der Waals surface area contributed by atoms with E-state index in [4.69, 9.17) is 37.0 Å². The molecule has 0 aromatic carbocycles. The number of aliphatic hydroxyl groups excluding tert-OH is 1. The summed E-state index contributed by atoms with van der Waals surface area (Å²) in [5.41, 5.74) is 0. The Morgan fingerprint density at radius 1 is 0.312 bits per heavy atom. The maximum atomic E-state index is 13.1. The van der Waals surface area contributed by atoms with Crippen LogP contribution in [0.5, 0.6) is 0 Å². The zero-order chi connectivity index (χ0) is 68.6. The highest BCUT2D eigenvalue weighted by molar-refractivity contribution is 7.47. The predicted molar refractivity (Wildman–Crippen MR) is 377 cm³/mol. The van der Waals surface area contributed by atoms with E-state index in [1.807, 2.05) is 0 Å². The van der Waals surface area contributed by atoms with E-state index in [0.29, 0.717) is 25.7 Å². The van der Waals surface area contributed by atoms with Crippen LogP contribution in [-0.4, -0.2) is 96.7 Å². The maximum Gasteiger partial charge on any atom is 0.472 e. The van der Waals surface area contributed by atoms with Gasteiger partial charge in [0.25, 0.3) is 0 Å². The number of esters is 4. The molecular formula is C74H144O17P2. The Morgan fingerprint density at radius 2 is 0.548 bits per heavy atom. The average Bonchev–Trinajstić information content (AvgIpc) is 2.57. The lowest BCUT2D eigenvalue weighted by molar-refractivity contribution is -0.161. The molecule has 552 valence electrons. The molecule has 0 saturated heterocycles. The fourth-order valence-corrected chi connectivity index (χ4v) is 12.8. The maximum absolute atomic E-state index is 13.1. The molecule has 0 aromatic rings. The van der Waals surface area contributed by atoms with Gasteiger partial charge in [0, 0.05) is 25.7 Å². The SMILES string of the molecule is CCCCCCCCCCCCCCC(=O)OC[C@H](COP(=O)(O)OC[C@H](O)COP(=O)(O)OC[C@@H](COC(=O)CCCCCCCCCCCCC(C)CC)OC(=O)CCCCCCCCCCCCCCC(C)C)OC(=O)CCCCCCCCCCCCCC. The minimum atomic E-state index is -4.96. The first kappa shape index (κ1) is 91.1. The smallest absolute Gasteiger partial charge is 0.462 e. The van der Waals surface area contributed by atoms with Gasteiger partial charge in [-0.25, -0.2) is 9.13 Å². The summed E-state index contributed by atoms with van der Waals surface area (Å²) in [7, 11) is -9.91. The number of rotatable bonds is 73. The van der Waals surface area contributed by atoms with Crippen molar-refractivity contribution in [3.63, 3.8) is 0 Å². The topological polar surface area (TPSA) is 237 Å². The summed E-state index contributed by atoms with van der Waals surface area (Å²) in [6, 6.07) is 0. The molecule has 0 aliphatic rings. The van der Waals surface area contributed by atoms with Crippen LogP contribution < -0.4 is 0 Å². The van der Waals surface area contributed by atoms with Gasteiger partial charge in [-0.05, 0) is 37.5 Å². The standard InChI is InChI=1S/C74H144O17P2/c1-7-10-12-14-16-18-20-25-32-38-44-50-56-71(76)84-62-69(90-73(78)58-52-46-40-34-26-21-19-17-15-13-11-8-2)64-88-92(80,81)86-60-68(75)61-87-93(82,83)89-65-70(63-85-72(77)57-51-45-39-33-29-28-31-37-43-49-55-67(6)9-3)91-74(79)59-53-47-41-35-27-23-22-24-30-36-42-48-54-66(4)5/h66-70,75H,7-65H2,1-6H3,(H,80,81)(H,82,83)/t67?,68-,69+,70+/m0/s1. The highest BCUT2D eigenvalue weighted by Gasteiger charge is 2.30. The van der Waals surface area contributed by atoms with E-state index in [9.17, 15) is 43.2 Å². The molecular weight excluding hydrogens is 1220 g/mol. The van der Waals surface area contributed by atoms with E-state index >= 15 is 0 Å². The molecule has 0 aromatic heterocycles. The molecule has 3 unspecified atom stereocenters. The predicted octanol–water partition coefficient (Wildman–Crippen LogP) is 21.6. The van der Waals surface area contributed by atoms with E-state index < -0.39 is 97.5 Å². The monoisotopic (exact) mass is 1370 g/mol. The zero-order valence-corrected chi connectivity index (χ0v) is 62.3. The third kappa shape index (κ3) is 67.0. The van der Waals surface area contributed by atoms with Crippen LogP contribution in [0.2, 0.25) is 0 Å². The summed E-state index contributed by atoms with van der Waals surface area (Å²) in [4.78, 5) is 72.8. The average molecular weight is 1370 g/mol. The Hall–Kier alpha value is -1.94. The molecule has 0 bridgehead atoms. The van der Waals surface area contributed by atoms with Gasteiger partial charge >= 0.3 is 39.5 Å². The van der Waals surface area contributed by atoms with Crippen molar-refractivity contribution in [3.05, 3.63) is 0 Å². The molecule has 0 spiro atoms. The summed E-state index contributed by atoms with van der Waals surface area (Å²) in [6.45, 7) is 9.62. The molecule has 0 rings (SSSR count). The second-order valence-corrected chi connectivity index (χ2v) is 30.3. The molecule has 0 heterocycles. The number of ether oxygens (including phenoxy) is 4. The second-order valence-electron chi connectivity index (χ2n) is 27.4. The number of phosphoric acid groups is 2. The van der Waals surface area contributed by atoms with Crippen LogP contribution >= 0.6 is 15.6 Å². The van der Waals surface area contributed by atoms with Crippen molar-refractivity contribution in [1.82, 2.24) is 0 Å². The summed E-state index contributed by atoms with van der Waals surface area (Å²) >= 11 is 0. The van der Waals surface area contributed by atoms with Crippen molar-refractivity contribution >= 4 is 39.5 Å². The number of carbonyl (C=O) groups excluding carboxylic acids is 4. The first-order chi connectivity index (χ1) is 44.9. The summed E-state index contributed by atoms with van der Waals surface area (Å²) < 4.78 is 68.5. The molecule has 0 fully saturated rings. The number of carbonyl (C=O) groups is 4. The van der Waals surface area contributed by atoms with Crippen LogP contribution in [0.25, 0.3) is 0 Å². The number of hydrogen-bond donors (Lipinski definition) is 3. The molecule has 0 aliphatic carbocycles. The Morgan fingerprint density at radius 3 is 0.817 bits per heavy atom. The Labute approximate surface area is 568 Å². The third-order valence-corrected chi connectivity index (χ3v) is 19.5. The summed E-state index contributed by atoms with van der Waals surface area (Å²) in [5, 5.41) is 10.6. The van der Waals surface area contributed by atoms with Crippen molar-refractivity contribution in [3.8, 4) is 0 Å². The molecule has 0 aliphatic heterocycles. The van der Waals surface area contributed by atoms with Gasteiger partial charge < -0.3 is 33.8 Å². The van der Waals surface area contributed by atoms with Gasteiger partial charge in [-0.3, -0.25) is 37.3 Å².